The number of thiazole rings is 1. The molecule has 0 aliphatic heterocycles. The fourth-order valence-electron chi connectivity index (χ4n) is 3.72. The van der Waals surface area contributed by atoms with Gasteiger partial charge in [0.2, 0.25) is 5.89 Å². The number of aromatic nitrogens is 4. The molecule has 1 fully saturated rings. The number of nitrogens with zero attached hydrogens (tertiary/aromatic N) is 5. The summed E-state index contributed by atoms with van der Waals surface area (Å²) < 4.78 is 12.6. The molecule has 0 bridgehead atoms. The molecule has 0 spiro atoms. The highest BCUT2D eigenvalue weighted by molar-refractivity contribution is 7.15. The van der Waals surface area contributed by atoms with Crippen LogP contribution in [0.25, 0.3) is 10.4 Å². The Hall–Kier alpha value is -4.12. The number of anilines is 1. The van der Waals surface area contributed by atoms with Gasteiger partial charge in [0.1, 0.15) is 29.8 Å². The van der Waals surface area contributed by atoms with Crippen molar-refractivity contribution in [2.45, 2.75) is 58.6 Å². The van der Waals surface area contributed by atoms with Crippen LogP contribution in [0.4, 0.5) is 10.6 Å². The molecule has 0 N–H and O–H groups in total. The third-order valence-corrected chi connectivity index (χ3v) is 6.92. The van der Waals surface area contributed by atoms with Crippen molar-refractivity contribution in [2.24, 2.45) is 0 Å². The van der Waals surface area contributed by atoms with Crippen molar-refractivity contribution in [1.29, 1.82) is 0 Å². The smallest absolute Gasteiger partial charge is 0.423 e. The minimum Gasteiger partial charge on any atom is -0.445 e. The topological polar surface area (TPSA) is 120 Å². The number of ketones is 1. The van der Waals surface area contributed by atoms with Gasteiger partial charge in [0.25, 0.3) is 5.91 Å². The second-order valence-electron chi connectivity index (χ2n) is 10.0. The molecule has 1 aliphatic carbocycles. The number of oxazole rings is 1. The zero-order valence-corrected chi connectivity index (χ0v) is 22.3. The van der Waals surface area contributed by atoms with Gasteiger partial charge in [-0.1, -0.05) is 30.3 Å². The van der Waals surface area contributed by atoms with Crippen LogP contribution < -0.4 is 4.90 Å². The molecule has 196 valence electrons. The lowest BCUT2D eigenvalue weighted by molar-refractivity contribution is 0.0562. The molecule has 3 heterocycles. The SMILES string of the molecule is CC(=O)c1ccn(Cc2nc(N(C(=O)OC(C)(C)C)C(=O)c3nc(C4CC4)sc3-c3ccccc3)co2)n1. The zero-order valence-electron chi connectivity index (χ0n) is 21.5. The minimum absolute atomic E-state index is 0.0295. The highest BCUT2D eigenvalue weighted by Gasteiger charge is 2.37. The monoisotopic (exact) mass is 533 g/mol. The van der Waals surface area contributed by atoms with Crippen LogP contribution in [0.3, 0.4) is 0 Å². The minimum atomic E-state index is -0.889. The van der Waals surface area contributed by atoms with Gasteiger partial charge < -0.3 is 9.15 Å². The summed E-state index contributed by atoms with van der Waals surface area (Å²) in [5.41, 5.74) is 0.455. The van der Waals surface area contributed by atoms with Crippen LogP contribution in [0.5, 0.6) is 0 Å². The van der Waals surface area contributed by atoms with E-state index in [9.17, 15) is 14.4 Å². The molecule has 0 radical (unpaired) electrons. The molecule has 38 heavy (non-hydrogen) atoms. The standard InChI is InChI=1S/C27H27N5O5S/c1-16(33)19-12-13-31(30-19)14-21-28-20(15-36-21)32(26(35)37-27(2,3)4)25(34)22-23(17-8-6-5-7-9-17)38-24(29-22)18-10-11-18/h5-9,12-13,15,18H,10-11,14H2,1-4H3. The highest BCUT2D eigenvalue weighted by Crippen LogP contribution is 2.45. The molecule has 5 rings (SSSR count). The zero-order chi connectivity index (χ0) is 27.0. The Balaban J connectivity index is 1.51. The first kappa shape index (κ1) is 25.5. The highest BCUT2D eigenvalue weighted by atomic mass is 32.1. The number of carbonyl (C=O) groups is 3. The van der Waals surface area contributed by atoms with Gasteiger partial charge in [0.15, 0.2) is 11.6 Å². The number of Topliss-reactive ketones (excluding diaryl/α,β-unsaturated/α-hetero) is 1. The van der Waals surface area contributed by atoms with Crippen molar-refractivity contribution in [1.82, 2.24) is 19.7 Å². The summed E-state index contributed by atoms with van der Waals surface area (Å²) in [6, 6.07) is 11.1. The number of amides is 2. The molecule has 0 saturated heterocycles. The molecular weight excluding hydrogens is 506 g/mol. The Kier molecular flexibility index (Phi) is 6.70. The molecule has 1 aliphatic rings. The quantitative estimate of drug-likeness (QED) is 0.277. The molecule has 1 saturated carbocycles. The summed E-state index contributed by atoms with van der Waals surface area (Å²) in [5, 5.41) is 5.05. The third-order valence-electron chi connectivity index (χ3n) is 5.66. The van der Waals surface area contributed by atoms with Gasteiger partial charge in [-0.2, -0.15) is 15.0 Å². The lowest BCUT2D eigenvalue weighted by Crippen LogP contribution is -2.41. The Morgan fingerprint density at radius 3 is 2.50 bits per heavy atom. The van der Waals surface area contributed by atoms with Crippen molar-refractivity contribution in [3.05, 3.63) is 71.1 Å². The van der Waals surface area contributed by atoms with Crippen LogP contribution in [0.1, 0.15) is 78.3 Å². The maximum absolute atomic E-state index is 14.0. The average molecular weight is 534 g/mol. The number of hydrogen-bond acceptors (Lipinski definition) is 9. The van der Waals surface area contributed by atoms with E-state index >= 15 is 0 Å². The van der Waals surface area contributed by atoms with Crippen molar-refractivity contribution >= 4 is 34.9 Å². The number of ether oxygens (including phenoxy) is 1. The van der Waals surface area contributed by atoms with E-state index in [-0.39, 0.29) is 29.7 Å². The van der Waals surface area contributed by atoms with Gasteiger partial charge in [-0.3, -0.25) is 14.3 Å². The summed E-state index contributed by atoms with van der Waals surface area (Å²) in [7, 11) is 0. The maximum Gasteiger partial charge on any atom is 0.423 e. The van der Waals surface area contributed by atoms with Gasteiger partial charge in [-0.25, -0.2) is 9.78 Å². The first-order valence-corrected chi connectivity index (χ1v) is 13.0. The third kappa shape index (κ3) is 5.57. The van der Waals surface area contributed by atoms with E-state index in [1.807, 2.05) is 30.3 Å². The number of carbonyl (C=O) groups excluding carboxylic acids is 3. The number of hydrogen-bond donors (Lipinski definition) is 0. The van der Waals surface area contributed by atoms with E-state index in [1.165, 1.54) is 29.2 Å². The second-order valence-corrected chi connectivity index (χ2v) is 11.1. The predicted molar refractivity (Wildman–Crippen MR) is 140 cm³/mol. The van der Waals surface area contributed by atoms with E-state index < -0.39 is 17.6 Å². The Bertz CT molecular complexity index is 1490. The molecular formula is C27H27N5O5S. The van der Waals surface area contributed by atoms with E-state index in [1.54, 1.807) is 33.0 Å². The summed E-state index contributed by atoms with van der Waals surface area (Å²) in [6.45, 7) is 6.68. The first-order valence-electron chi connectivity index (χ1n) is 12.2. The van der Waals surface area contributed by atoms with Crippen LogP contribution in [0.2, 0.25) is 0 Å². The molecule has 2 amide bonds. The summed E-state index contributed by atoms with van der Waals surface area (Å²) >= 11 is 1.47. The summed E-state index contributed by atoms with van der Waals surface area (Å²) in [4.78, 5) is 49.5. The Morgan fingerprint density at radius 1 is 1.13 bits per heavy atom. The van der Waals surface area contributed by atoms with E-state index in [0.29, 0.717) is 16.5 Å². The van der Waals surface area contributed by atoms with Crippen LogP contribution in [-0.2, 0) is 11.3 Å². The van der Waals surface area contributed by atoms with Crippen molar-refractivity contribution < 1.29 is 23.5 Å². The van der Waals surface area contributed by atoms with Crippen LogP contribution >= 0.6 is 11.3 Å². The molecule has 0 atom stereocenters. The number of benzene rings is 1. The fourth-order valence-corrected chi connectivity index (χ4v) is 4.95. The van der Waals surface area contributed by atoms with Crippen LogP contribution in [0, 0.1) is 0 Å². The van der Waals surface area contributed by atoms with Gasteiger partial charge >= 0.3 is 6.09 Å². The number of rotatable bonds is 7. The fraction of sp³-hybridized carbons (Fsp3) is 0.333. The van der Waals surface area contributed by atoms with E-state index in [4.69, 9.17) is 9.15 Å². The van der Waals surface area contributed by atoms with Gasteiger partial charge in [0.05, 0.1) is 9.88 Å². The lowest BCUT2D eigenvalue weighted by Gasteiger charge is -2.24. The largest absolute Gasteiger partial charge is 0.445 e. The Labute approximate surface area is 223 Å². The van der Waals surface area contributed by atoms with E-state index in [0.717, 1.165) is 28.3 Å². The number of imide groups is 1. The maximum atomic E-state index is 14.0. The average Bonchev–Trinajstić information content (AvgIpc) is 3.24. The van der Waals surface area contributed by atoms with Gasteiger partial charge in [-0.15, -0.1) is 11.3 Å². The normalized spacial score (nSPS) is 13.4. The van der Waals surface area contributed by atoms with Gasteiger partial charge in [0, 0.05) is 19.0 Å². The lowest BCUT2D eigenvalue weighted by atomic mass is 10.1. The summed E-state index contributed by atoms with van der Waals surface area (Å²) in [5.74, 6) is -0.328. The second kappa shape index (κ2) is 9.97. The van der Waals surface area contributed by atoms with Gasteiger partial charge in [-0.05, 0) is 45.2 Å². The van der Waals surface area contributed by atoms with Crippen molar-refractivity contribution in [3.63, 3.8) is 0 Å². The van der Waals surface area contributed by atoms with Crippen molar-refractivity contribution in [3.8, 4) is 10.4 Å². The van der Waals surface area contributed by atoms with Crippen molar-refractivity contribution in [2.75, 3.05) is 4.90 Å². The molecule has 1 aromatic carbocycles. The molecule has 4 aromatic rings. The Morgan fingerprint density at radius 2 is 1.87 bits per heavy atom. The van der Waals surface area contributed by atoms with Crippen LogP contribution in [-0.4, -0.2) is 43.1 Å². The van der Waals surface area contributed by atoms with Crippen LogP contribution in [0.15, 0.2) is 53.3 Å². The molecule has 10 nitrogen and oxygen atoms in total. The summed E-state index contributed by atoms with van der Waals surface area (Å²) in [6.07, 6.45) is 4.01. The molecule has 0 unspecified atom stereocenters. The molecule has 11 heteroatoms. The first-order chi connectivity index (χ1) is 18.1. The van der Waals surface area contributed by atoms with E-state index in [2.05, 4.69) is 15.1 Å². The molecule has 3 aromatic heterocycles. The predicted octanol–water partition coefficient (Wildman–Crippen LogP) is 5.70.